The van der Waals surface area contributed by atoms with Gasteiger partial charge in [-0.1, -0.05) is 0 Å². The number of benzene rings is 1. The largest absolute Gasteiger partial charge is 0.497 e. The van der Waals surface area contributed by atoms with Crippen molar-refractivity contribution in [3.8, 4) is 5.75 Å². The minimum atomic E-state index is -0.729. The molecule has 1 aromatic carbocycles. The van der Waals surface area contributed by atoms with Gasteiger partial charge >= 0.3 is 5.97 Å². The number of carboxylic acids is 1. The number of aliphatic carboxylic acids is 1. The second kappa shape index (κ2) is 12.7. The van der Waals surface area contributed by atoms with Crippen molar-refractivity contribution in [1.82, 2.24) is 9.88 Å². The molecule has 3 atom stereocenters. The predicted octanol–water partition coefficient (Wildman–Crippen LogP) is 5.86. The lowest BCUT2D eigenvalue weighted by Crippen LogP contribution is -2.41. The van der Waals surface area contributed by atoms with Gasteiger partial charge in [0.1, 0.15) is 5.75 Å². The molecule has 1 aliphatic rings. The lowest BCUT2D eigenvalue weighted by molar-refractivity contribution is -0.139. The Morgan fingerprint density at radius 1 is 1.22 bits per heavy atom. The monoisotopic (exact) mass is 510 g/mol. The molecule has 0 radical (unpaired) electrons. The van der Waals surface area contributed by atoms with Crippen molar-refractivity contribution in [3.63, 3.8) is 0 Å². The van der Waals surface area contributed by atoms with Gasteiger partial charge in [-0.05, 0) is 112 Å². The molecule has 1 aliphatic heterocycles. The summed E-state index contributed by atoms with van der Waals surface area (Å²) in [4.78, 5) is 21.3. The highest BCUT2D eigenvalue weighted by Crippen LogP contribution is 2.35. The zero-order valence-electron chi connectivity index (χ0n) is 21.4. The third-order valence-corrected chi connectivity index (χ3v) is 8.57. The number of likely N-dealkylation sites (tertiary alicyclic amines) is 1. The van der Waals surface area contributed by atoms with Crippen LogP contribution < -0.4 is 4.74 Å². The van der Waals surface area contributed by atoms with Crippen LogP contribution in [0.3, 0.4) is 0 Å². The van der Waals surface area contributed by atoms with Crippen LogP contribution in [-0.4, -0.2) is 52.8 Å². The molecule has 0 bridgehead atoms. The van der Waals surface area contributed by atoms with E-state index in [2.05, 4.69) is 28.9 Å². The molecular formula is C29H38N2O4S. The van der Waals surface area contributed by atoms with E-state index in [0.717, 1.165) is 67.5 Å². The van der Waals surface area contributed by atoms with E-state index in [1.807, 2.05) is 35.6 Å². The molecule has 36 heavy (non-hydrogen) atoms. The summed E-state index contributed by atoms with van der Waals surface area (Å²) in [5, 5.41) is 21.5. The van der Waals surface area contributed by atoms with E-state index >= 15 is 0 Å². The van der Waals surface area contributed by atoms with Crippen molar-refractivity contribution in [2.75, 3.05) is 26.7 Å². The van der Waals surface area contributed by atoms with Crippen LogP contribution in [0.5, 0.6) is 5.75 Å². The summed E-state index contributed by atoms with van der Waals surface area (Å²) in [5.74, 6) is 0.442. The van der Waals surface area contributed by atoms with Crippen LogP contribution in [-0.2, 0) is 11.2 Å². The van der Waals surface area contributed by atoms with E-state index < -0.39 is 12.1 Å². The molecule has 0 spiro atoms. The number of nitrogens with zero attached hydrogens (tertiary/aromatic N) is 2. The molecule has 2 aromatic heterocycles. The molecule has 0 amide bonds. The molecule has 1 fully saturated rings. The molecule has 2 N–H and O–H groups in total. The standard InChI is InChI=1S/C29H38N2O4S/c1-20-6-9-24(36-20)5-3-4-15-31-16-13-21(22(19-31)17-29(33)34)7-11-28(32)25-12-14-30-27-10-8-23(35-2)18-26(25)27/h6,8-10,12,14,18,21-22,28,32H,3-5,7,11,13,15-17,19H2,1-2H3,(H,33,34)/t21-,22+,28-/m1/s1. The number of hydrogen-bond acceptors (Lipinski definition) is 6. The topological polar surface area (TPSA) is 82.9 Å². The highest BCUT2D eigenvalue weighted by atomic mass is 32.1. The summed E-state index contributed by atoms with van der Waals surface area (Å²) >= 11 is 1.88. The Morgan fingerprint density at radius 2 is 2.08 bits per heavy atom. The highest BCUT2D eigenvalue weighted by molar-refractivity contribution is 7.11. The maximum atomic E-state index is 11.6. The Labute approximate surface area is 217 Å². The van der Waals surface area contributed by atoms with Crippen LogP contribution in [0.4, 0.5) is 0 Å². The first-order valence-electron chi connectivity index (χ1n) is 13.0. The molecule has 3 aromatic rings. The SMILES string of the molecule is COc1ccc2nccc([C@H](O)CC[C@@H]3CCN(CCCCc4ccc(C)s4)C[C@@H]3CC(=O)O)c2c1. The number of unbranched alkanes of at least 4 members (excludes halogenated alkanes) is 1. The summed E-state index contributed by atoms with van der Waals surface area (Å²) in [6.45, 7) is 5.02. The average Bonchev–Trinajstić information content (AvgIpc) is 3.29. The van der Waals surface area contributed by atoms with Gasteiger partial charge in [-0.15, -0.1) is 11.3 Å². The normalized spacial score (nSPS) is 19.4. The minimum absolute atomic E-state index is 0.123. The van der Waals surface area contributed by atoms with Gasteiger partial charge in [0, 0.05) is 34.3 Å². The summed E-state index contributed by atoms with van der Waals surface area (Å²) in [5.41, 5.74) is 1.69. The maximum Gasteiger partial charge on any atom is 0.303 e. The van der Waals surface area contributed by atoms with Gasteiger partial charge in [0.25, 0.3) is 0 Å². The fourth-order valence-corrected chi connectivity index (χ4v) is 6.47. The first-order valence-corrected chi connectivity index (χ1v) is 13.8. The van der Waals surface area contributed by atoms with Gasteiger partial charge < -0.3 is 19.8 Å². The average molecular weight is 511 g/mol. The van der Waals surface area contributed by atoms with Gasteiger partial charge in [0.15, 0.2) is 0 Å². The van der Waals surface area contributed by atoms with E-state index in [4.69, 9.17) is 4.74 Å². The first kappa shape index (κ1) is 26.6. The number of rotatable bonds is 12. The molecule has 0 aliphatic carbocycles. The number of pyridine rings is 1. The second-order valence-electron chi connectivity index (χ2n) is 10.1. The summed E-state index contributed by atoms with van der Waals surface area (Å²) < 4.78 is 5.36. The number of fused-ring (bicyclic) bond motifs is 1. The van der Waals surface area contributed by atoms with Crippen LogP contribution in [0.15, 0.2) is 42.6 Å². The summed E-state index contributed by atoms with van der Waals surface area (Å²) in [6.07, 6.45) is 7.15. The van der Waals surface area contributed by atoms with E-state index in [-0.39, 0.29) is 12.3 Å². The van der Waals surface area contributed by atoms with Crippen molar-refractivity contribution in [1.29, 1.82) is 0 Å². The van der Waals surface area contributed by atoms with Crippen molar-refractivity contribution in [3.05, 3.63) is 57.9 Å². The number of aryl methyl sites for hydroxylation is 2. The lowest BCUT2D eigenvalue weighted by Gasteiger charge is -2.38. The summed E-state index contributed by atoms with van der Waals surface area (Å²) in [6, 6.07) is 12.0. The second-order valence-corrected chi connectivity index (χ2v) is 11.4. The molecule has 7 heteroatoms. The fraction of sp³-hybridized carbons (Fsp3) is 0.517. The van der Waals surface area contributed by atoms with Crippen molar-refractivity contribution >= 4 is 28.2 Å². The Bertz CT molecular complexity index is 1150. The van der Waals surface area contributed by atoms with Crippen LogP contribution in [0.2, 0.25) is 0 Å². The summed E-state index contributed by atoms with van der Waals surface area (Å²) in [7, 11) is 1.63. The number of hydrogen-bond donors (Lipinski definition) is 2. The van der Waals surface area contributed by atoms with Gasteiger partial charge in [-0.2, -0.15) is 0 Å². The number of aliphatic hydroxyl groups excluding tert-OH is 1. The predicted molar refractivity (Wildman–Crippen MR) is 145 cm³/mol. The van der Waals surface area contributed by atoms with Gasteiger partial charge in [0.05, 0.1) is 18.7 Å². The number of carbonyl (C=O) groups is 1. The van der Waals surface area contributed by atoms with Crippen LogP contribution >= 0.6 is 11.3 Å². The third kappa shape index (κ3) is 7.05. The number of methoxy groups -OCH3 is 1. The molecule has 1 saturated heterocycles. The first-order chi connectivity index (χ1) is 17.4. The smallest absolute Gasteiger partial charge is 0.303 e. The van der Waals surface area contributed by atoms with E-state index in [0.29, 0.717) is 12.3 Å². The van der Waals surface area contributed by atoms with Crippen LogP contribution in [0.25, 0.3) is 10.9 Å². The van der Waals surface area contributed by atoms with Gasteiger partial charge in [-0.25, -0.2) is 0 Å². The zero-order chi connectivity index (χ0) is 25.5. The van der Waals surface area contributed by atoms with Crippen LogP contribution in [0.1, 0.15) is 59.9 Å². The number of thiophene rings is 1. The zero-order valence-corrected chi connectivity index (χ0v) is 22.2. The molecular weight excluding hydrogens is 472 g/mol. The maximum absolute atomic E-state index is 11.6. The Balaban J connectivity index is 1.31. The molecule has 4 rings (SSSR count). The molecule has 0 unspecified atom stereocenters. The van der Waals surface area contributed by atoms with Crippen molar-refractivity contribution in [2.24, 2.45) is 11.8 Å². The molecule has 0 saturated carbocycles. The quantitative estimate of drug-likeness (QED) is 0.297. The third-order valence-electron chi connectivity index (χ3n) is 7.51. The highest BCUT2D eigenvalue weighted by Gasteiger charge is 2.31. The van der Waals surface area contributed by atoms with Crippen molar-refractivity contribution in [2.45, 2.75) is 58.0 Å². The van der Waals surface area contributed by atoms with Crippen molar-refractivity contribution < 1.29 is 19.7 Å². The number of ether oxygens (including phenoxy) is 1. The van der Waals surface area contributed by atoms with Gasteiger partial charge in [-0.3, -0.25) is 9.78 Å². The number of aromatic nitrogens is 1. The molecule has 6 nitrogen and oxygen atoms in total. The Kier molecular flexibility index (Phi) is 9.35. The van der Waals surface area contributed by atoms with Gasteiger partial charge in [0.2, 0.25) is 0 Å². The Hall–Kier alpha value is -2.48. The molecule has 194 valence electrons. The van der Waals surface area contributed by atoms with E-state index in [1.165, 1.54) is 16.2 Å². The minimum Gasteiger partial charge on any atom is -0.497 e. The Morgan fingerprint density at radius 3 is 2.83 bits per heavy atom. The van der Waals surface area contributed by atoms with E-state index in [9.17, 15) is 15.0 Å². The number of piperidine rings is 1. The number of carboxylic acid groups (broad SMARTS) is 1. The lowest BCUT2D eigenvalue weighted by atomic mass is 9.79. The molecule has 3 heterocycles. The number of aliphatic hydroxyl groups is 1. The van der Waals surface area contributed by atoms with E-state index in [1.54, 1.807) is 13.3 Å². The van der Waals surface area contributed by atoms with Crippen LogP contribution in [0, 0.1) is 18.8 Å². The fourth-order valence-electron chi connectivity index (χ4n) is 5.54.